The monoisotopic (exact) mass is 223 g/mol. The summed E-state index contributed by atoms with van der Waals surface area (Å²) >= 11 is 0. The number of pyridine rings is 1. The molecular weight excluding hydrogens is 216 g/mol. The molecule has 0 amide bonds. The number of aromatic carboxylic acids is 1. The fraction of sp³-hybridized carbons (Fsp3) is 0.250. The standard InChI is InChI=1S/C8H7F2NO2.ClH/c1-4-5(7(9)10)2-3-6(11-4)8(12)13;/h2-3,7H,1H3,(H,12,13);1H. The molecule has 14 heavy (non-hydrogen) atoms. The van der Waals surface area contributed by atoms with Crippen LogP contribution in [-0.2, 0) is 0 Å². The molecule has 0 spiro atoms. The number of hydrogen-bond acceptors (Lipinski definition) is 2. The molecule has 0 aliphatic carbocycles. The van der Waals surface area contributed by atoms with Crippen LogP contribution in [-0.4, -0.2) is 16.1 Å². The lowest BCUT2D eigenvalue weighted by Crippen LogP contribution is -2.03. The molecule has 1 aromatic rings. The number of rotatable bonds is 2. The van der Waals surface area contributed by atoms with E-state index >= 15 is 0 Å². The molecule has 0 fully saturated rings. The van der Waals surface area contributed by atoms with E-state index in [0.717, 1.165) is 12.1 Å². The van der Waals surface area contributed by atoms with E-state index in [2.05, 4.69) is 4.98 Å². The number of alkyl halides is 2. The summed E-state index contributed by atoms with van der Waals surface area (Å²) in [6.45, 7) is 1.36. The predicted octanol–water partition coefficient (Wildman–Crippen LogP) is 2.45. The number of carbonyl (C=O) groups is 1. The number of carboxylic acids is 1. The topological polar surface area (TPSA) is 50.2 Å². The van der Waals surface area contributed by atoms with Gasteiger partial charge >= 0.3 is 5.97 Å². The Morgan fingerprint density at radius 3 is 2.43 bits per heavy atom. The van der Waals surface area contributed by atoms with Gasteiger partial charge in [-0.05, 0) is 19.1 Å². The van der Waals surface area contributed by atoms with Crippen molar-refractivity contribution in [1.29, 1.82) is 0 Å². The molecule has 1 N–H and O–H groups in total. The summed E-state index contributed by atoms with van der Waals surface area (Å²) in [7, 11) is 0. The van der Waals surface area contributed by atoms with E-state index in [0.29, 0.717) is 0 Å². The molecule has 0 aliphatic heterocycles. The zero-order valence-electron chi connectivity index (χ0n) is 7.20. The number of hydrogen-bond donors (Lipinski definition) is 1. The first-order valence-corrected chi connectivity index (χ1v) is 3.51. The summed E-state index contributed by atoms with van der Waals surface area (Å²) in [6.07, 6.45) is -2.62. The van der Waals surface area contributed by atoms with E-state index < -0.39 is 12.4 Å². The number of nitrogens with zero attached hydrogens (tertiary/aromatic N) is 1. The van der Waals surface area contributed by atoms with Gasteiger partial charge in [-0.3, -0.25) is 0 Å². The second kappa shape index (κ2) is 4.85. The second-order valence-electron chi connectivity index (χ2n) is 2.48. The lowest BCUT2D eigenvalue weighted by Gasteiger charge is -2.03. The lowest BCUT2D eigenvalue weighted by atomic mass is 10.2. The van der Waals surface area contributed by atoms with Crippen molar-refractivity contribution in [2.24, 2.45) is 0 Å². The molecule has 0 saturated carbocycles. The number of aromatic nitrogens is 1. The Kier molecular flexibility index (Phi) is 4.43. The van der Waals surface area contributed by atoms with Crippen LogP contribution >= 0.6 is 12.4 Å². The van der Waals surface area contributed by atoms with Crippen molar-refractivity contribution >= 4 is 18.4 Å². The Hall–Kier alpha value is -1.23. The highest BCUT2D eigenvalue weighted by molar-refractivity contribution is 5.85. The Morgan fingerprint density at radius 2 is 2.07 bits per heavy atom. The molecule has 0 aromatic carbocycles. The van der Waals surface area contributed by atoms with Gasteiger partial charge in [-0.15, -0.1) is 12.4 Å². The first-order valence-electron chi connectivity index (χ1n) is 3.51. The maximum atomic E-state index is 12.2. The van der Waals surface area contributed by atoms with E-state index in [1.54, 1.807) is 0 Å². The van der Waals surface area contributed by atoms with Crippen molar-refractivity contribution in [3.8, 4) is 0 Å². The van der Waals surface area contributed by atoms with Gasteiger partial charge in [0, 0.05) is 11.3 Å². The maximum absolute atomic E-state index is 12.2. The Morgan fingerprint density at radius 1 is 1.50 bits per heavy atom. The first kappa shape index (κ1) is 12.8. The van der Waals surface area contributed by atoms with E-state index in [1.807, 2.05) is 0 Å². The van der Waals surface area contributed by atoms with E-state index in [4.69, 9.17) is 5.11 Å². The van der Waals surface area contributed by atoms with E-state index in [-0.39, 0.29) is 29.4 Å². The average molecular weight is 224 g/mol. The van der Waals surface area contributed by atoms with Gasteiger partial charge in [-0.2, -0.15) is 0 Å². The van der Waals surface area contributed by atoms with Gasteiger partial charge in [0.15, 0.2) is 0 Å². The largest absolute Gasteiger partial charge is 0.477 e. The van der Waals surface area contributed by atoms with E-state index in [9.17, 15) is 13.6 Å². The molecule has 0 radical (unpaired) electrons. The normalized spacial score (nSPS) is 9.71. The second-order valence-corrected chi connectivity index (χ2v) is 2.48. The van der Waals surface area contributed by atoms with Gasteiger partial charge < -0.3 is 5.11 Å². The summed E-state index contributed by atoms with van der Waals surface area (Å²) in [5.41, 5.74) is -0.401. The summed E-state index contributed by atoms with van der Waals surface area (Å²) in [4.78, 5) is 13.9. The average Bonchev–Trinajstić information content (AvgIpc) is 2.03. The van der Waals surface area contributed by atoms with Gasteiger partial charge in [0.25, 0.3) is 6.43 Å². The molecule has 0 aliphatic rings. The molecule has 78 valence electrons. The fourth-order valence-corrected chi connectivity index (χ4v) is 0.922. The molecule has 1 aromatic heterocycles. The first-order chi connectivity index (χ1) is 6.02. The smallest absolute Gasteiger partial charge is 0.354 e. The molecule has 0 saturated heterocycles. The molecule has 0 unspecified atom stereocenters. The third-order valence-corrected chi connectivity index (χ3v) is 1.58. The van der Waals surface area contributed by atoms with Crippen LogP contribution in [0.5, 0.6) is 0 Å². The van der Waals surface area contributed by atoms with Crippen molar-refractivity contribution in [3.63, 3.8) is 0 Å². The van der Waals surface area contributed by atoms with Crippen molar-refractivity contribution in [1.82, 2.24) is 4.98 Å². The maximum Gasteiger partial charge on any atom is 0.354 e. The van der Waals surface area contributed by atoms with Crippen LogP contribution in [0.4, 0.5) is 8.78 Å². The fourth-order valence-electron chi connectivity index (χ4n) is 0.922. The Labute approximate surface area is 85.2 Å². The summed E-state index contributed by atoms with van der Waals surface area (Å²) in [6, 6.07) is 2.15. The summed E-state index contributed by atoms with van der Waals surface area (Å²) in [5.74, 6) is -1.22. The van der Waals surface area contributed by atoms with Crippen molar-refractivity contribution in [3.05, 3.63) is 29.1 Å². The van der Waals surface area contributed by atoms with Crippen LogP contribution in [0.3, 0.4) is 0 Å². The molecule has 1 rings (SSSR count). The van der Waals surface area contributed by atoms with Crippen LogP contribution in [0.15, 0.2) is 12.1 Å². The van der Waals surface area contributed by atoms with Crippen LogP contribution in [0.1, 0.15) is 28.2 Å². The van der Waals surface area contributed by atoms with Crippen LogP contribution < -0.4 is 0 Å². The van der Waals surface area contributed by atoms with Crippen molar-refractivity contribution in [2.45, 2.75) is 13.3 Å². The number of aryl methyl sites for hydroxylation is 1. The highest BCUT2D eigenvalue weighted by atomic mass is 35.5. The Balaban J connectivity index is 0.00000169. The highest BCUT2D eigenvalue weighted by Crippen LogP contribution is 2.21. The van der Waals surface area contributed by atoms with Gasteiger partial charge in [-0.25, -0.2) is 18.6 Å². The molecule has 0 atom stereocenters. The summed E-state index contributed by atoms with van der Waals surface area (Å²) < 4.78 is 24.3. The van der Waals surface area contributed by atoms with Gasteiger partial charge in [0.05, 0.1) is 0 Å². The van der Waals surface area contributed by atoms with Gasteiger partial charge in [-0.1, -0.05) is 0 Å². The molecule has 3 nitrogen and oxygen atoms in total. The lowest BCUT2D eigenvalue weighted by molar-refractivity contribution is 0.0689. The van der Waals surface area contributed by atoms with Crippen LogP contribution in [0, 0.1) is 6.92 Å². The quantitative estimate of drug-likeness (QED) is 0.838. The highest BCUT2D eigenvalue weighted by Gasteiger charge is 2.13. The zero-order valence-corrected chi connectivity index (χ0v) is 8.02. The van der Waals surface area contributed by atoms with Gasteiger partial charge in [0.1, 0.15) is 5.69 Å². The van der Waals surface area contributed by atoms with E-state index in [1.165, 1.54) is 6.92 Å². The van der Waals surface area contributed by atoms with Crippen LogP contribution in [0.2, 0.25) is 0 Å². The number of carboxylic acid groups (broad SMARTS) is 1. The summed E-state index contributed by atoms with van der Waals surface area (Å²) in [5, 5.41) is 8.49. The zero-order chi connectivity index (χ0) is 10.0. The Bertz CT molecular complexity index is 344. The predicted molar refractivity (Wildman–Crippen MR) is 48.1 cm³/mol. The SMILES string of the molecule is Cc1nc(C(=O)O)ccc1C(F)F.Cl. The third-order valence-electron chi connectivity index (χ3n) is 1.58. The minimum absolute atomic E-state index is 0. The molecular formula is C8H8ClF2NO2. The van der Waals surface area contributed by atoms with Crippen molar-refractivity contribution < 1.29 is 18.7 Å². The third kappa shape index (κ3) is 2.63. The minimum atomic E-state index is -2.62. The van der Waals surface area contributed by atoms with Gasteiger partial charge in [0.2, 0.25) is 0 Å². The minimum Gasteiger partial charge on any atom is -0.477 e. The number of halogens is 3. The molecule has 1 heterocycles. The molecule has 0 bridgehead atoms. The molecule has 6 heteroatoms. The van der Waals surface area contributed by atoms with Crippen molar-refractivity contribution in [2.75, 3.05) is 0 Å². The van der Waals surface area contributed by atoms with Crippen LogP contribution in [0.25, 0.3) is 0 Å².